The van der Waals surface area contributed by atoms with Crippen molar-refractivity contribution < 1.29 is 9.90 Å². The van der Waals surface area contributed by atoms with Gasteiger partial charge in [0, 0.05) is 31.4 Å². The summed E-state index contributed by atoms with van der Waals surface area (Å²) in [7, 11) is 0. The van der Waals surface area contributed by atoms with E-state index in [0.29, 0.717) is 43.5 Å². The van der Waals surface area contributed by atoms with Crippen LogP contribution >= 0.6 is 0 Å². The van der Waals surface area contributed by atoms with Gasteiger partial charge in [-0.2, -0.15) is 4.98 Å². The van der Waals surface area contributed by atoms with Gasteiger partial charge in [-0.15, -0.1) is 0 Å². The molecule has 10 nitrogen and oxygen atoms in total. The SMILES string of the molecule is C[C@@](N)(CO)C(=O)CCCc1ccc(Nc2ccn(CCCCN3CCC(N)CC3)c(=O)n2)nc1. The topological polar surface area (TPSA) is 152 Å². The maximum Gasteiger partial charge on any atom is 0.349 e. The fraction of sp³-hybridized carbons (Fsp3) is 0.600. The third-order valence-electron chi connectivity index (χ3n) is 6.55. The quantitative estimate of drug-likeness (QED) is 0.306. The Kier molecular flexibility index (Phi) is 9.91. The molecule has 0 saturated carbocycles. The molecule has 0 radical (unpaired) electrons. The number of anilines is 2. The van der Waals surface area contributed by atoms with Crippen LogP contribution in [0.25, 0.3) is 0 Å². The van der Waals surface area contributed by atoms with Crippen LogP contribution in [0.4, 0.5) is 11.6 Å². The molecule has 0 aromatic carbocycles. The highest BCUT2D eigenvalue weighted by Gasteiger charge is 2.26. The first-order valence-corrected chi connectivity index (χ1v) is 12.5. The molecule has 192 valence electrons. The molecule has 6 N–H and O–H groups in total. The van der Waals surface area contributed by atoms with E-state index in [1.165, 1.54) is 6.92 Å². The van der Waals surface area contributed by atoms with Gasteiger partial charge in [0.2, 0.25) is 0 Å². The number of nitrogens with two attached hydrogens (primary N) is 2. The Morgan fingerprint density at radius 2 is 1.91 bits per heavy atom. The fourth-order valence-electron chi connectivity index (χ4n) is 4.07. The molecule has 3 rings (SSSR count). The molecule has 0 aliphatic carbocycles. The van der Waals surface area contributed by atoms with Crippen molar-refractivity contribution in [2.45, 2.75) is 70.0 Å². The number of pyridine rings is 1. The predicted molar refractivity (Wildman–Crippen MR) is 137 cm³/mol. The Morgan fingerprint density at radius 1 is 1.17 bits per heavy atom. The van der Waals surface area contributed by atoms with Gasteiger partial charge in [0.15, 0.2) is 5.78 Å². The van der Waals surface area contributed by atoms with Crippen molar-refractivity contribution in [3.8, 4) is 0 Å². The number of rotatable bonds is 13. The van der Waals surface area contributed by atoms with Gasteiger partial charge < -0.3 is 26.8 Å². The number of carbonyl (C=O) groups excluding carboxylic acids is 1. The van der Waals surface area contributed by atoms with Crippen LogP contribution in [0.5, 0.6) is 0 Å². The zero-order chi connectivity index (χ0) is 25.3. The number of unbranched alkanes of at least 4 members (excludes halogenated alkanes) is 1. The van der Waals surface area contributed by atoms with Crippen molar-refractivity contribution in [2.24, 2.45) is 11.5 Å². The average Bonchev–Trinajstić information content (AvgIpc) is 2.85. The second-order valence-electron chi connectivity index (χ2n) is 9.70. The number of likely N-dealkylation sites (tertiary alicyclic amines) is 1. The molecule has 1 fully saturated rings. The lowest BCUT2D eigenvalue weighted by molar-refractivity contribution is -0.125. The third-order valence-corrected chi connectivity index (χ3v) is 6.55. The standard InChI is InChI=1S/C25H39N7O3/c1-25(27,18-33)21(34)6-4-5-19-7-8-22(28-17-19)29-23-11-16-32(24(35)30-23)13-3-2-12-31-14-9-20(26)10-15-31/h7-8,11,16-17,20,33H,2-6,9-10,12-15,18,26-27H2,1H3,(H,28,29,30,35)/t25-/m1/s1. The van der Waals surface area contributed by atoms with Gasteiger partial charge in [-0.3, -0.25) is 9.36 Å². The number of aryl methyl sites for hydroxylation is 2. The van der Waals surface area contributed by atoms with Gasteiger partial charge in [-0.05, 0) is 82.8 Å². The van der Waals surface area contributed by atoms with E-state index < -0.39 is 5.54 Å². The average molecular weight is 486 g/mol. The normalized spacial score (nSPS) is 16.7. The number of aliphatic hydroxyl groups excluding tert-OH is 1. The second kappa shape index (κ2) is 12.9. The number of nitrogens with zero attached hydrogens (tertiary/aromatic N) is 4. The van der Waals surface area contributed by atoms with E-state index in [0.717, 1.165) is 50.9 Å². The number of aliphatic hydroxyl groups is 1. The summed E-state index contributed by atoms with van der Waals surface area (Å²) in [5, 5.41) is 12.2. The molecule has 2 aromatic heterocycles. The molecule has 35 heavy (non-hydrogen) atoms. The molecule has 1 aliphatic rings. The van der Waals surface area contributed by atoms with Crippen LogP contribution in [0.1, 0.15) is 51.0 Å². The zero-order valence-electron chi connectivity index (χ0n) is 20.7. The monoisotopic (exact) mass is 485 g/mol. The molecule has 3 heterocycles. The number of hydrogen-bond donors (Lipinski definition) is 4. The molecular weight excluding hydrogens is 446 g/mol. The number of ketones is 1. The van der Waals surface area contributed by atoms with Crippen LogP contribution in [0.2, 0.25) is 0 Å². The Labute approximate surface area is 206 Å². The molecule has 0 bridgehead atoms. The summed E-state index contributed by atoms with van der Waals surface area (Å²) in [5.41, 5.74) is 11.2. The Hall–Kier alpha value is -2.66. The lowest BCUT2D eigenvalue weighted by Gasteiger charge is -2.29. The summed E-state index contributed by atoms with van der Waals surface area (Å²) in [4.78, 5) is 35.3. The molecule has 0 amide bonds. The minimum absolute atomic E-state index is 0.153. The summed E-state index contributed by atoms with van der Waals surface area (Å²) in [6.07, 6.45) is 9.21. The van der Waals surface area contributed by atoms with Crippen LogP contribution < -0.4 is 22.5 Å². The van der Waals surface area contributed by atoms with Crippen molar-refractivity contribution >= 4 is 17.4 Å². The van der Waals surface area contributed by atoms with Gasteiger partial charge in [-0.1, -0.05) is 6.07 Å². The van der Waals surface area contributed by atoms with Crippen molar-refractivity contribution in [2.75, 3.05) is 31.6 Å². The predicted octanol–water partition coefficient (Wildman–Crippen LogP) is 1.19. The van der Waals surface area contributed by atoms with Crippen molar-refractivity contribution in [1.82, 2.24) is 19.4 Å². The zero-order valence-corrected chi connectivity index (χ0v) is 20.7. The Bertz CT molecular complexity index is 999. The van der Waals surface area contributed by atoms with Gasteiger partial charge in [0.25, 0.3) is 0 Å². The van der Waals surface area contributed by atoms with Crippen LogP contribution in [0.15, 0.2) is 35.4 Å². The van der Waals surface area contributed by atoms with E-state index in [9.17, 15) is 14.7 Å². The smallest absolute Gasteiger partial charge is 0.349 e. The number of nitrogens with one attached hydrogen (secondary N) is 1. The summed E-state index contributed by atoms with van der Waals surface area (Å²) in [6, 6.07) is 5.86. The van der Waals surface area contributed by atoms with Gasteiger partial charge in [0.1, 0.15) is 11.6 Å². The largest absolute Gasteiger partial charge is 0.394 e. The van der Waals surface area contributed by atoms with Gasteiger partial charge in [0.05, 0.1) is 12.1 Å². The number of Topliss-reactive ketones (excluding diaryl/α,β-unsaturated/α-hetero) is 1. The third kappa shape index (κ3) is 8.50. The second-order valence-corrected chi connectivity index (χ2v) is 9.70. The Morgan fingerprint density at radius 3 is 2.57 bits per heavy atom. The van der Waals surface area contributed by atoms with E-state index in [2.05, 4.69) is 20.2 Å². The highest BCUT2D eigenvalue weighted by Crippen LogP contribution is 2.14. The molecule has 1 saturated heterocycles. The molecule has 10 heteroatoms. The van der Waals surface area contributed by atoms with Crippen molar-refractivity contribution in [3.05, 3.63) is 46.6 Å². The highest BCUT2D eigenvalue weighted by molar-refractivity contribution is 5.87. The molecule has 1 atom stereocenters. The summed E-state index contributed by atoms with van der Waals surface area (Å²) >= 11 is 0. The van der Waals surface area contributed by atoms with E-state index in [-0.39, 0.29) is 18.1 Å². The van der Waals surface area contributed by atoms with Gasteiger partial charge >= 0.3 is 5.69 Å². The first kappa shape index (κ1) is 26.9. The minimum Gasteiger partial charge on any atom is -0.394 e. The van der Waals surface area contributed by atoms with E-state index in [1.54, 1.807) is 23.0 Å². The molecular formula is C25H39N7O3. The summed E-state index contributed by atoms with van der Waals surface area (Å²) in [5.74, 6) is 0.887. The highest BCUT2D eigenvalue weighted by atomic mass is 16.3. The number of carbonyl (C=O) groups is 1. The molecule has 0 spiro atoms. The van der Waals surface area contributed by atoms with Crippen LogP contribution in [-0.4, -0.2) is 68.1 Å². The van der Waals surface area contributed by atoms with Gasteiger partial charge in [-0.25, -0.2) is 9.78 Å². The first-order valence-electron chi connectivity index (χ1n) is 12.5. The number of hydrogen-bond acceptors (Lipinski definition) is 9. The van der Waals surface area contributed by atoms with Crippen LogP contribution in [-0.2, 0) is 17.8 Å². The summed E-state index contributed by atoms with van der Waals surface area (Å²) < 4.78 is 1.64. The van der Waals surface area contributed by atoms with Crippen LogP contribution in [0, 0.1) is 0 Å². The van der Waals surface area contributed by atoms with Crippen molar-refractivity contribution in [1.29, 1.82) is 0 Å². The number of piperidine rings is 1. The fourth-order valence-corrected chi connectivity index (χ4v) is 4.07. The maximum atomic E-state index is 12.4. The van der Waals surface area contributed by atoms with E-state index in [1.807, 2.05) is 12.1 Å². The summed E-state index contributed by atoms with van der Waals surface area (Å²) in [6.45, 7) is 5.00. The van der Waals surface area contributed by atoms with Crippen molar-refractivity contribution in [3.63, 3.8) is 0 Å². The van der Waals surface area contributed by atoms with Crippen LogP contribution in [0.3, 0.4) is 0 Å². The molecule has 2 aromatic rings. The minimum atomic E-state index is -1.19. The van der Waals surface area contributed by atoms with E-state index >= 15 is 0 Å². The lowest BCUT2D eigenvalue weighted by Crippen LogP contribution is -2.48. The molecule has 0 unspecified atom stereocenters. The Balaban J connectivity index is 1.41. The van der Waals surface area contributed by atoms with E-state index in [4.69, 9.17) is 11.5 Å². The number of aromatic nitrogens is 3. The lowest BCUT2D eigenvalue weighted by atomic mass is 9.94. The maximum absolute atomic E-state index is 12.4. The first-order chi connectivity index (χ1) is 16.8. The molecule has 1 aliphatic heterocycles.